The topological polar surface area (TPSA) is 38.0 Å². The summed E-state index contributed by atoms with van der Waals surface area (Å²) in [6.07, 6.45) is 3.30. The standard InChI is InChI=1S/C12H20N2/c1-3-12(14-13)9-8-11-7-5-4-6-10(11)2/h4-7,12,14H,3,8-9,13H2,1-2H3. The van der Waals surface area contributed by atoms with Crippen molar-refractivity contribution in [3.63, 3.8) is 0 Å². The Morgan fingerprint density at radius 2 is 2.07 bits per heavy atom. The van der Waals surface area contributed by atoms with Gasteiger partial charge in [-0.3, -0.25) is 11.3 Å². The van der Waals surface area contributed by atoms with Crippen LogP contribution in [0.1, 0.15) is 30.9 Å². The van der Waals surface area contributed by atoms with Crippen molar-refractivity contribution in [2.45, 2.75) is 39.2 Å². The zero-order valence-corrected chi connectivity index (χ0v) is 9.09. The van der Waals surface area contributed by atoms with Crippen LogP contribution < -0.4 is 11.3 Å². The number of benzene rings is 1. The lowest BCUT2D eigenvalue weighted by Gasteiger charge is -2.13. The minimum atomic E-state index is 0.439. The second-order valence-electron chi connectivity index (χ2n) is 3.74. The van der Waals surface area contributed by atoms with E-state index in [1.807, 2.05) is 0 Å². The summed E-state index contributed by atoms with van der Waals surface area (Å²) in [5.41, 5.74) is 5.65. The van der Waals surface area contributed by atoms with Crippen molar-refractivity contribution >= 4 is 0 Å². The van der Waals surface area contributed by atoms with Crippen molar-refractivity contribution < 1.29 is 0 Å². The van der Waals surface area contributed by atoms with Gasteiger partial charge in [-0.1, -0.05) is 31.2 Å². The summed E-state index contributed by atoms with van der Waals surface area (Å²) in [6.45, 7) is 4.31. The van der Waals surface area contributed by atoms with Gasteiger partial charge in [0.2, 0.25) is 0 Å². The first-order valence-electron chi connectivity index (χ1n) is 5.28. The van der Waals surface area contributed by atoms with Gasteiger partial charge in [-0.05, 0) is 37.3 Å². The Morgan fingerprint density at radius 1 is 1.36 bits per heavy atom. The molecule has 0 aliphatic heterocycles. The van der Waals surface area contributed by atoms with E-state index >= 15 is 0 Å². The molecule has 0 bridgehead atoms. The van der Waals surface area contributed by atoms with Gasteiger partial charge < -0.3 is 0 Å². The molecule has 0 spiro atoms. The first-order chi connectivity index (χ1) is 6.77. The maximum Gasteiger partial charge on any atom is 0.0211 e. The second kappa shape index (κ2) is 5.78. The lowest BCUT2D eigenvalue weighted by molar-refractivity contribution is 0.481. The molecule has 1 rings (SSSR count). The number of hydrogen-bond acceptors (Lipinski definition) is 2. The minimum Gasteiger partial charge on any atom is -0.271 e. The van der Waals surface area contributed by atoms with Crippen LogP contribution in [0, 0.1) is 6.92 Å². The summed E-state index contributed by atoms with van der Waals surface area (Å²) in [6, 6.07) is 8.97. The molecule has 0 fully saturated rings. The largest absolute Gasteiger partial charge is 0.271 e. The number of aryl methyl sites for hydroxylation is 2. The van der Waals surface area contributed by atoms with Crippen LogP contribution in [0.25, 0.3) is 0 Å². The number of nitrogens with two attached hydrogens (primary N) is 1. The normalized spacial score (nSPS) is 12.8. The maximum absolute atomic E-state index is 5.44. The van der Waals surface area contributed by atoms with Crippen molar-refractivity contribution in [1.29, 1.82) is 0 Å². The highest BCUT2D eigenvalue weighted by molar-refractivity contribution is 5.25. The molecule has 0 saturated heterocycles. The van der Waals surface area contributed by atoms with E-state index in [2.05, 4.69) is 43.5 Å². The zero-order valence-electron chi connectivity index (χ0n) is 9.09. The molecule has 2 heteroatoms. The van der Waals surface area contributed by atoms with E-state index in [1.165, 1.54) is 11.1 Å². The van der Waals surface area contributed by atoms with Gasteiger partial charge in [-0.2, -0.15) is 0 Å². The van der Waals surface area contributed by atoms with E-state index in [-0.39, 0.29) is 0 Å². The van der Waals surface area contributed by atoms with Gasteiger partial charge in [0.25, 0.3) is 0 Å². The third-order valence-electron chi connectivity index (χ3n) is 2.75. The molecule has 0 saturated carbocycles. The van der Waals surface area contributed by atoms with E-state index in [1.54, 1.807) is 0 Å². The van der Waals surface area contributed by atoms with Crippen LogP contribution in [0.5, 0.6) is 0 Å². The zero-order chi connectivity index (χ0) is 10.4. The van der Waals surface area contributed by atoms with Crippen LogP contribution in [0.2, 0.25) is 0 Å². The summed E-state index contributed by atoms with van der Waals surface area (Å²) in [5, 5.41) is 0. The predicted molar refractivity (Wildman–Crippen MR) is 60.9 cm³/mol. The fourth-order valence-electron chi connectivity index (χ4n) is 1.63. The fourth-order valence-corrected chi connectivity index (χ4v) is 1.63. The van der Waals surface area contributed by atoms with E-state index in [0.29, 0.717) is 6.04 Å². The lowest BCUT2D eigenvalue weighted by Crippen LogP contribution is -2.34. The third kappa shape index (κ3) is 3.13. The molecule has 1 aromatic carbocycles. The molecule has 1 atom stereocenters. The number of nitrogens with one attached hydrogen (secondary N) is 1. The number of hydrogen-bond donors (Lipinski definition) is 2. The molecule has 0 amide bonds. The van der Waals surface area contributed by atoms with Crippen LogP contribution in [0.4, 0.5) is 0 Å². The molecule has 3 N–H and O–H groups in total. The highest BCUT2D eigenvalue weighted by Gasteiger charge is 2.04. The van der Waals surface area contributed by atoms with Gasteiger partial charge in [-0.25, -0.2) is 0 Å². The van der Waals surface area contributed by atoms with Crippen LogP contribution in [0.15, 0.2) is 24.3 Å². The molecule has 78 valence electrons. The third-order valence-corrected chi connectivity index (χ3v) is 2.75. The fraction of sp³-hybridized carbons (Fsp3) is 0.500. The molecule has 0 heterocycles. The molecule has 0 aromatic heterocycles. The second-order valence-corrected chi connectivity index (χ2v) is 3.74. The molecular formula is C12H20N2. The Kier molecular flexibility index (Phi) is 4.63. The van der Waals surface area contributed by atoms with Gasteiger partial charge >= 0.3 is 0 Å². The van der Waals surface area contributed by atoms with E-state index in [0.717, 1.165) is 19.3 Å². The monoisotopic (exact) mass is 192 g/mol. The van der Waals surface area contributed by atoms with E-state index in [4.69, 9.17) is 5.84 Å². The van der Waals surface area contributed by atoms with Gasteiger partial charge in [0.05, 0.1) is 0 Å². The quantitative estimate of drug-likeness (QED) is 0.554. The molecular weight excluding hydrogens is 172 g/mol. The van der Waals surface area contributed by atoms with Gasteiger partial charge in [-0.15, -0.1) is 0 Å². The lowest BCUT2D eigenvalue weighted by atomic mass is 10.0. The molecule has 0 aliphatic rings. The highest BCUT2D eigenvalue weighted by Crippen LogP contribution is 2.11. The molecule has 1 aromatic rings. The Labute approximate surface area is 86.5 Å². The summed E-state index contributed by atoms with van der Waals surface area (Å²) in [7, 11) is 0. The molecule has 14 heavy (non-hydrogen) atoms. The van der Waals surface area contributed by atoms with Crippen molar-refractivity contribution in [2.24, 2.45) is 5.84 Å². The first kappa shape index (κ1) is 11.2. The predicted octanol–water partition coefficient (Wildman–Crippen LogP) is 2.17. The van der Waals surface area contributed by atoms with Crippen LogP contribution in [-0.2, 0) is 6.42 Å². The molecule has 0 radical (unpaired) electrons. The maximum atomic E-state index is 5.44. The summed E-state index contributed by atoms with van der Waals surface area (Å²) < 4.78 is 0. The average Bonchev–Trinajstić information content (AvgIpc) is 2.22. The minimum absolute atomic E-state index is 0.439. The number of hydrazine groups is 1. The summed E-state index contributed by atoms with van der Waals surface area (Å²) in [5.74, 6) is 5.44. The SMILES string of the molecule is CCC(CCc1ccccc1C)NN. The van der Waals surface area contributed by atoms with Crippen LogP contribution in [0.3, 0.4) is 0 Å². The van der Waals surface area contributed by atoms with Crippen molar-refractivity contribution in [3.05, 3.63) is 35.4 Å². The molecule has 1 unspecified atom stereocenters. The molecule has 0 aliphatic carbocycles. The average molecular weight is 192 g/mol. The Hall–Kier alpha value is -0.860. The summed E-state index contributed by atoms with van der Waals surface area (Å²) in [4.78, 5) is 0. The van der Waals surface area contributed by atoms with Crippen molar-refractivity contribution in [3.8, 4) is 0 Å². The highest BCUT2D eigenvalue weighted by atomic mass is 15.2. The molecule has 2 nitrogen and oxygen atoms in total. The van der Waals surface area contributed by atoms with Crippen LogP contribution >= 0.6 is 0 Å². The van der Waals surface area contributed by atoms with Crippen molar-refractivity contribution in [2.75, 3.05) is 0 Å². The first-order valence-corrected chi connectivity index (χ1v) is 5.28. The summed E-state index contributed by atoms with van der Waals surface area (Å²) >= 11 is 0. The van der Waals surface area contributed by atoms with Crippen LogP contribution in [-0.4, -0.2) is 6.04 Å². The van der Waals surface area contributed by atoms with Gasteiger partial charge in [0, 0.05) is 6.04 Å². The number of rotatable bonds is 5. The van der Waals surface area contributed by atoms with Crippen molar-refractivity contribution in [1.82, 2.24) is 5.43 Å². The Balaban J connectivity index is 2.49. The van der Waals surface area contributed by atoms with E-state index in [9.17, 15) is 0 Å². The van der Waals surface area contributed by atoms with E-state index < -0.39 is 0 Å². The van der Waals surface area contributed by atoms with Gasteiger partial charge in [0.1, 0.15) is 0 Å². The smallest absolute Gasteiger partial charge is 0.0211 e. The Morgan fingerprint density at radius 3 is 2.64 bits per heavy atom. The van der Waals surface area contributed by atoms with Gasteiger partial charge in [0.15, 0.2) is 0 Å². The Bertz CT molecular complexity index is 267.